The number of hydrogen-bond acceptors (Lipinski definition) is 2. The minimum Gasteiger partial charge on any atom is -0.504 e. The highest BCUT2D eigenvalue weighted by atomic mass is 79.9. The molecule has 0 heterocycles. The number of rotatable bonds is 0. The van der Waals surface area contributed by atoms with Crippen molar-refractivity contribution in [3.63, 3.8) is 0 Å². The Balaban J connectivity index is 3.46. The minimum absolute atomic E-state index is 0.176. The van der Waals surface area contributed by atoms with Crippen molar-refractivity contribution in [2.45, 2.75) is 0 Å². The Morgan fingerprint density at radius 2 is 1.73 bits per heavy atom. The predicted molar refractivity (Wildman–Crippen MR) is 49.6 cm³/mol. The molecular weight excluding hydrogens is 276 g/mol. The van der Waals surface area contributed by atoms with Gasteiger partial charge in [0.1, 0.15) is 0 Å². The number of phenols is 2. The summed E-state index contributed by atoms with van der Waals surface area (Å²) in [4.78, 5) is 0. The molecule has 59 valence electrons. The molecule has 0 saturated heterocycles. The first-order chi connectivity index (χ1) is 5.04. The third-order valence-corrected chi connectivity index (χ3v) is 3.45. The summed E-state index contributed by atoms with van der Waals surface area (Å²) in [7, 11) is 0. The zero-order valence-electron chi connectivity index (χ0n) is 5.43. The summed E-state index contributed by atoms with van der Waals surface area (Å²) in [6.07, 6.45) is 0. The normalized spacial score (nSPS) is 10.1. The fraction of sp³-hybridized carbons (Fsp3) is 0. The van der Waals surface area contributed by atoms with Gasteiger partial charge >= 0.3 is 0 Å². The zero-order valence-corrected chi connectivity index (χ0v) is 8.61. The molecule has 0 saturated carbocycles. The van der Waals surface area contributed by atoms with Crippen LogP contribution in [0.15, 0.2) is 15.0 Å². The van der Waals surface area contributed by atoms with E-state index in [1.54, 1.807) is 0 Å². The van der Waals surface area contributed by atoms with Crippen LogP contribution in [-0.2, 0) is 0 Å². The monoisotopic (exact) mass is 279 g/mol. The number of hydrogen-bond donors (Lipinski definition) is 2. The largest absolute Gasteiger partial charge is 0.504 e. The second-order valence-corrected chi connectivity index (χ2v) is 3.62. The van der Waals surface area contributed by atoms with Crippen molar-refractivity contribution in [3.05, 3.63) is 27.5 Å². The molecule has 1 aromatic carbocycles. The molecule has 0 spiro atoms. The number of halogens is 2. The van der Waals surface area contributed by atoms with E-state index in [-0.39, 0.29) is 11.5 Å². The summed E-state index contributed by atoms with van der Waals surface area (Å²) in [5, 5.41) is 18.2. The van der Waals surface area contributed by atoms with Gasteiger partial charge in [-0.15, -0.1) is 0 Å². The minimum atomic E-state index is -0.177. The van der Waals surface area contributed by atoms with Gasteiger partial charge in [0.05, 0.1) is 4.47 Å². The van der Waals surface area contributed by atoms with Gasteiger partial charge in [0.25, 0.3) is 0 Å². The molecule has 1 rings (SSSR count). The summed E-state index contributed by atoms with van der Waals surface area (Å²) in [6, 6.07) is 1.38. The molecule has 1 radical (unpaired) electrons. The van der Waals surface area contributed by atoms with Gasteiger partial charge in [0, 0.05) is 4.47 Å². The van der Waals surface area contributed by atoms with Gasteiger partial charge in [-0.1, -0.05) is 0 Å². The fourth-order valence-corrected chi connectivity index (χ4v) is 1.41. The van der Waals surface area contributed by atoms with Crippen molar-refractivity contribution in [3.8, 4) is 11.5 Å². The van der Waals surface area contributed by atoms with Gasteiger partial charge in [-0.2, -0.15) is 0 Å². The van der Waals surface area contributed by atoms with Crippen LogP contribution in [0.5, 0.6) is 11.5 Å². The van der Waals surface area contributed by atoms with Crippen LogP contribution < -0.4 is 0 Å². The lowest BCUT2D eigenvalue weighted by molar-refractivity contribution is 0.401. The number of benzene rings is 1. The third kappa shape index (κ3) is 1.51. The summed E-state index contributed by atoms with van der Waals surface area (Å²) in [6.45, 7) is 3.63. The second-order valence-electron chi connectivity index (χ2n) is 2.03. The van der Waals surface area contributed by atoms with Crippen molar-refractivity contribution in [1.29, 1.82) is 0 Å². The van der Waals surface area contributed by atoms with Crippen LogP contribution in [0.3, 0.4) is 0 Å². The lowest BCUT2D eigenvalue weighted by atomic mass is 10.2. The Kier molecular flexibility index (Phi) is 2.44. The van der Waals surface area contributed by atoms with Crippen LogP contribution in [0.2, 0.25) is 0 Å². The van der Waals surface area contributed by atoms with Gasteiger partial charge < -0.3 is 10.2 Å². The Morgan fingerprint density at radius 1 is 1.18 bits per heavy atom. The first-order valence-electron chi connectivity index (χ1n) is 2.76. The molecule has 4 heteroatoms. The Morgan fingerprint density at radius 3 is 2.27 bits per heavy atom. The summed E-state index contributed by atoms with van der Waals surface area (Å²) < 4.78 is 1.07. The van der Waals surface area contributed by atoms with Crippen LogP contribution >= 0.6 is 31.9 Å². The standard InChI is InChI=1S/C7H5Br2O2/c1-3-2-4(10)7(11)6(9)5(3)8/h2,10-11H,1H2. The first kappa shape index (κ1) is 8.87. The maximum absolute atomic E-state index is 9.16. The van der Waals surface area contributed by atoms with Gasteiger partial charge in [0.2, 0.25) is 0 Å². The topological polar surface area (TPSA) is 40.5 Å². The molecule has 0 aromatic heterocycles. The molecule has 0 fully saturated rings. The number of phenolic OH excluding ortho intramolecular Hbond substituents is 2. The molecule has 0 unspecified atom stereocenters. The summed E-state index contributed by atoms with van der Waals surface area (Å²) in [5.74, 6) is -0.352. The van der Waals surface area contributed by atoms with Crippen molar-refractivity contribution >= 4 is 31.9 Å². The quantitative estimate of drug-likeness (QED) is 0.718. The van der Waals surface area contributed by atoms with Crippen LogP contribution in [0, 0.1) is 6.92 Å². The lowest BCUT2D eigenvalue weighted by Gasteiger charge is -2.04. The van der Waals surface area contributed by atoms with E-state index in [9.17, 15) is 0 Å². The fourth-order valence-electron chi connectivity index (χ4n) is 0.654. The molecule has 11 heavy (non-hydrogen) atoms. The maximum Gasteiger partial charge on any atom is 0.173 e. The average molecular weight is 281 g/mol. The predicted octanol–water partition coefficient (Wildman–Crippen LogP) is 2.80. The highest BCUT2D eigenvalue weighted by molar-refractivity contribution is 9.13. The van der Waals surface area contributed by atoms with Crippen molar-refractivity contribution in [2.75, 3.05) is 0 Å². The van der Waals surface area contributed by atoms with E-state index in [1.165, 1.54) is 6.07 Å². The summed E-state index contributed by atoms with van der Waals surface area (Å²) in [5.41, 5.74) is 0.618. The van der Waals surface area contributed by atoms with Crippen molar-refractivity contribution in [2.24, 2.45) is 0 Å². The number of aromatic hydroxyl groups is 2. The van der Waals surface area contributed by atoms with Gasteiger partial charge in [-0.3, -0.25) is 0 Å². The molecular formula is C7H5Br2O2. The van der Waals surface area contributed by atoms with Crippen LogP contribution in [0.25, 0.3) is 0 Å². The van der Waals surface area contributed by atoms with Crippen LogP contribution in [-0.4, -0.2) is 10.2 Å². The SMILES string of the molecule is [CH2]c1cc(O)c(O)c(Br)c1Br. The Labute approximate surface area is 81.1 Å². The van der Waals surface area contributed by atoms with E-state index < -0.39 is 0 Å². The molecule has 2 N–H and O–H groups in total. The third-order valence-electron chi connectivity index (χ3n) is 1.24. The van der Waals surface area contributed by atoms with E-state index in [0.29, 0.717) is 14.5 Å². The molecule has 0 atom stereocenters. The first-order valence-corrected chi connectivity index (χ1v) is 4.34. The van der Waals surface area contributed by atoms with Crippen molar-refractivity contribution < 1.29 is 10.2 Å². The molecule has 0 amide bonds. The molecule has 0 bridgehead atoms. The lowest BCUT2D eigenvalue weighted by Crippen LogP contribution is -1.79. The highest BCUT2D eigenvalue weighted by Crippen LogP contribution is 2.40. The maximum atomic E-state index is 9.16. The molecule has 0 aliphatic heterocycles. The molecule has 1 aromatic rings. The van der Waals surface area contributed by atoms with E-state index in [4.69, 9.17) is 10.2 Å². The van der Waals surface area contributed by atoms with Crippen LogP contribution in [0.1, 0.15) is 5.56 Å². The smallest absolute Gasteiger partial charge is 0.173 e. The average Bonchev–Trinajstić information content (AvgIpc) is 1.97. The van der Waals surface area contributed by atoms with E-state index in [2.05, 4.69) is 38.8 Å². The zero-order chi connectivity index (χ0) is 8.59. The van der Waals surface area contributed by atoms with Crippen LogP contribution in [0.4, 0.5) is 0 Å². The van der Waals surface area contributed by atoms with Gasteiger partial charge in [0.15, 0.2) is 11.5 Å². The Hall–Kier alpha value is -0.220. The van der Waals surface area contributed by atoms with Gasteiger partial charge in [-0.25, -0.2) is 0 Å². The Bertz CT molecular complexity index is 271. The van der Waals surface area contributed by atoms with E-state index >= 15 is 0 Å². The van der Waals surface area contributed by atoms with E-state index in [0.717, 1.165) is 0 Å². The highest BCUT2D eigenvalue weighted by Gasteiger charge is 2.10. The molecule has 2 nitrogen and oxygen atoms in total. The van der Waals surface area contributed by atoms with Crippen molar-refractivity contribution in [1.82, 2.24) is 0 Å². The van der Waals surface area contributed by atoms with E-state index in [1.807, 2.05) is 0 Å². The summed E-state index contributed by atoms with van der Waals surface area (Å²) >= 11 is 6.27. The second kappa shape index (κ2) is 3.03. The molecule has 0 aliphatic rings. The van der Waals surface area contributed by atoms with Gasteiger partial charge in [-0.05, 0) is 50.4 Å². The molecule has 0 aliphatic carbocycles.